The molecule has 2 aliphatic rings. The largest absolute Gasteiger partial charge is 0.461 e. The Kier molecular flexibility index (Phi) is 10.4. The van der Waals surface area contributed by atoms with Crippen LogP contribution in [0.25, 0.3) is 17.2 Å². The SMILES string of the molecule is NC(=O)NSc1ccc(-c2ccc(C=CC[C@@H](NC3CCCCC3)C(=O)OC3CCCC3)cc2)cc1C(N)=O. The van der Waals surface area contributed by atoms with Gasteiger partial charge in [-0.15, -0.1) is 0 Å². The lowest BCUT2D eigenvalue weighted by Gasteiger charge is -2.27. The van der Waals surface area contributed by atoms with Crippen LogP contribution in [0.5, 0.6) is 0 Å². The summed E-state index contributed by atoms with van der Waals surface area (Å²) in [5.41, 5.74) is 13.7. The van der Waals surface area contributed by atoms with Crippen LogP contribution in [0, 0.1) is 0 Å². The maximum absolute atomic E-state index is 13.0. The second-order valence-electron chi connectivity index (χ2n) is 10.3. The number of carbonyl (C=O) groups is 3. The fourth-order valence-electron chi connectivity index (χ4n) is 5.26. The molecule has 1 atom stereocenters. The Morgan fingerprint density at radius 1 is 0.923 bits per heavy atom. The first kappa shape index (κ1) is 28.7. The van der Waals surface area contributed by atoms with Gasteiger partial charge in [0.05, 0.1) is 5.56 Å². The van der Waals surface area contributed by atoms with Gasteiger partial charge in [0.25, 0.3) is 0 Å². The number of hydrogen-bond donors (Lipinski definition) is 4. The molecule has 2 aromatic rings. The molecule has 39 heavy (non-hydrogen) atoms. The summed E-state index contributed by atoms with van der Waals surface area (Å²) in [4.78, 5) is 36.5. The van der Waals surface area contributed by atoms with E-state index in [2.05, 4.69) is 10.0 Å². The molecule has 2 aliphatic carbocycles. The van der Waals surface area contributed by atoms with Gasteiger partial charge < -0.3 is 21.5 Å². The third-order valence-corrected chi connectivity index (χ3v) is 8.22. The summed E-state index contributed by atoms with van der Waals surface area (Å²) >= 11 is 0.950. The highest BCUT2D eigenvalue weighted by molar-refractivity contribution is 7.98. The molecule has 2 fully saturated rings. The van der Waals surface area contributed by atoms with Crippen molar-refractivity contribution in [3.8, 4) is 11.1 Å². The Balaban J connectivity index is 1.40. The highest BCUT2D eigenvalue weighted by atomic mass is 32.2. The predicted octanol–water partition coefficient (Wildman–Crippen LogP) is 5.31. The molecule has 9 heteroatoms. The van der Waals surface area contributed by atoms with Crippen molar-refractivity contribution in [3.63, 3.8) is 0 Å². The molecule has 3 amide bonds. The van der Waals surface area contributed by atoms with Crippen LogP contribution in [0.2, 0.25) is 0 Å². The van der Waals surface area contributed by atoms with Crippen molar-refractivity contribution in [2.75, 3.05) is 0 Å². The van der Waals surface area contributed by atoms with Crippen molar-refractivity contribution < 1.29 is 19.1 Å². The maximum atomic E-state index is 13.0. The third kappa shape index (κ3) is 8.60. The first-order chi connectivity index (χ1) is 18.9. The molecule has 0 aliphatic heterocycles. The summed E-state index contributed by atoms with van der Waals surface area (Å²) in [5.74, 6) is -0.724. The number of urea groups is 1. The normalized spacial score (nSPS) is 17.2. The number of benzene rings is 2. The second kappa shape index (κ2) is 14.2. The van der Waals surface area contributed by atoms with Crippen molar-refractivity contribution in [1.29, 1.82) is 0 Å². The topological polar surface area (TPSA) is 137 Å². The minimum Gasteiger partial charge on any atom is -0.461 e. The van der Waals surface area contributed by atoms with E-state index in [0.717, 1.165) is 67.2 Å². The van der Waals surface area contributed by atoms with E-state index in [1.165, 1.54) is 19.3 Å². The fraction of sp³-hybridized carbons (Fsp3) is 0.433. The summed E-state index contributed by atoms with van der Waals surface area (Å²) in [5, 5.41) is 3.59. The first-order valence-electron chi connectivity index (χ1n) is 13.8. The molecule has 2 saturated carbocycles. The van der Waals surface area contributed by atoms with E-state index in [9.17, 15) is 14.4 Å². The van der Waals surface area contributed by atoms with Crippen molar-refractivity contribution >= 4 is 35.9 Å². The molecule has 0 radical (unpaired) electrons. The van der Waals surface area contributed by atoms with E-state index < -0.39 is 11.9 Å². The number of amides is 3. The number of nitrogens with two attached hydrogens (primary N) is 2. The average molecular weight is 551 g/mol. The summed E-state index contributed by atoms with van der Waals surface area (Å²) in [6.45, 7) is 0. The Labute approximate surface area is 234 Å². The van der Waals surface area contributed by atoms with E-state index >= 15 is 0 Å². The number of primary amides is 2. The van der Waals surface area contributed by atoms with Gasteiger partial charge in [-0.2, -0.15) is 0 Å². The third-order valence-electron chi connectivity index (χ3n) is 7.34. The highest BCUT2D eigenvalue weighted by Crippen LogP contribution is 2.28. The molecule has 4 rings (SSSR count). The van der Waals surface area contributed by atoms with Gasteiger partial charge in [0.1, 0.15) is 12.1 Å². The number of nitrogens with one attached hydrogen (secondary N) is 2. The minimum atomic E-state index is -0.704. The van der Waals surface area contributed by atoms with Crippen LogP contribution < -0.4 is 21.5 Å². The van der Waals surface area contributed by atoms with Crippen molar-refractivity contribution in [3.05, 3.63) is 59.7 Å². The Morgan fingerprint density at radius 2 is 1.59 bits per heavy atom. The lowest BCUT2D eigenvalue weighted by atomic mass is 9.94. The van der Waals surface area contributed by atoms with Crippen molar-refractivity contribution in [1.82, 2.24) is 10.0 Å². The van der Waals surface area contributed by atoms with Crippen LogP contribution in [0.3, 0.4) is 0 Å². The fourth-order valence-corrected chi connectivity index (χ4v) is 5.88. The van der Waals surface area contributed by atoms with E-state index in [0.29, 0.717) is 22.9 Å². The van der Waals surface area contributed by atoms with Gasteiger partial charge in [0.2, 0.25) is 5.91 Å². The molecule has 0 saturated heterocycles. The Bertz CT molecular complexity index is 1170. The van der Waals surface area contributed by atoms with E-state index in [4.69, 9.17) is 16.2 Å². The molecule has 0 heterocycles. The van der Waals surface area contributed by atoms with Crippen molar-refractivity contribution in [2.24, 2.45) is 11.5 Å². The van der Waals surface area contributed by atoms with E-state index in [-0.39, 0.29) is 18.1 Å². The maximum Gasteiger partial charge on any atom is 0.323 e. The quantitative estimate of drug-likeness (QED) is 0.221. The summed E-state index contributed by atoms with van der Waals surface area (Å²) in [7, 11) is 0. The number of rotatable bonds is 11. The van der Waals surface area contributed by atoms with Gasteiger partial charge in [-0.3, -0.25) is 14.3 Å². The van der Waals surface area contributed by atoms with Gasteiger partial charge in [0, 0.05) is 10.9 Å². The molecule has 0 aromatic heterocycles. The highest BCUT2D eigenvalue weighted by Gasteiger charge is 2.27. The molecule has 0 unspecified atom stereocenters. The molecule has 0 spiro atoms. The lowest BCUT2D eigenvalue weighted by Crippen LogP contribution is -2.45. The average Bonchev–Trinajstić information content (AvgIpc) is 3.45. The molecule has 8 nitrogen and oxygen atoms in total. The van der Waals surface area contributed by atoms with Crippen LogP contribution in [0.15, 0.2) is 53.4 Å². The van der Waals surface area contributed by atoms with Gasteiger partial charge >= 0.3 is 12.0 Å². The molecule has 2 aromatic carbocycles. The second-order valence-corrected chi connectivity index (χ2v) is 11.1. The molecule has 208 valence electrons. The molecular weight excluding hydrogens is 512 g/mol. The zero-order valence-corrected chi connectivity index (χ0v) is 23.0. The zero-order valence-electron chi connectivity index (χ0n) is 22.2. The first-order valence-corrected chi connectivity index (χ1v) is 14.6. The van der Waals surface area contributed by atoms with Crippen molar-refractivity contribution in [2.45, 2.75) is 87.3 Å². The molecule has 6 N–H and O–H groups in total. The van der Waals surface area contributed by atoms with Gasteiger partial charge in [0.15, 0.2) is 0 Å². The zero-order chi connectivity index (χ0) is 27.6. The number of hydrogen-bond acceptors (Lipinski definition) is 6. The molecular formula is C30H38N4O4S. The number of carbonyl (C=O) groups excluding carboxylic acids is 3. The Morgan fingerprint density at radius 3 is 2.26 bits per heavy atom. The van der Waals surface area contributed by atoms with Gasteiger partial charge in [-0.1, -0.05) is 61.7 Å². The van der Waals surface area contributed by atoms with E-state index in [1.54, 1.807) is 12.1 Å². The van der Waals surface area contributed by atoms with Crippen LogP contribution in [-0.2, 0) is 9.53 Å². The van der Waals surface area contributed by atoms with Gasteiger partial charge in [-0.05, 0) is 85.7 Å². The summed E-state index contributed by atoms with van der Waals surface area (Å²) in [6.07, 6.45) is 14.8. The van der Waals surface area contributed by atoms with Crippen LogP contribution in [0.4, 0.5) is 4.79 Å². The molecule has 0 bridgehead atoms. The number of ether oxygens (including phenoxy) is 1. The smallest absolute Gasteiger partial charge is 0.323 e. The summed E-state index contributed by atoms with van der Waals surface area (Å²) < 4.78 is 8.25. The van der Waals surface area contributed by atoms with Crippen LogP contribution >= 0.6 is 11.9 Å². The Hall–Kier alpha value is -3.30. The van der Waals surface area contributed by atoms with E-state index in [1.807, 2.05) is 42.5 Å². The standard InChI is InChI=1S/C30H38N4O4S/c31-28(35)25-19-22(17-18-27(25)39-34-30(32)37)21-15-13-20(14-16-21)7-6-12-26(33-23-8-2-1-3-9-23)29(36)38-24-10-4-5-11-24/h6-7,13-19,23-24,26,33H,1-5,8-12H2,(H2,31,35)(H3,32,34,37)/t26-/m1/s1. The predicted molar refractivity (Wildman–Crippen MR) is 155 cm³/mol. The number of esters is 1. The van der Waals surface area contributed by atoms with Gasteiger partial charge in [-0.25, -0.2) is 4.79 Å². The summed E-state index contributed by atoms with van der Waals surface area (Å²) in [6, 6.07) is 12.6. The minimum absolute atomic E-state index is 0.0619. The monoisotopic (exact) mass is 550 g/mol. The van der Waals surface area contributed by atoms with Crippen LogP contribution in [0.1, 0.15) is 80.1 Å². The van der Waals surface area contributed by atoms with Crippen LogP contribution in [-0.4, -0.2) is 36.1 Å². The lowest BCUT2D eigenvalue weighted by molar-refractivity contribution is -0.151.